The molecule has 0 fully saturated rings. The van der Waals surface area contributed by atoms with Gasteiger partial charge in [-0.15, -0.1) is 0 Å². The van der Waals surface area contributed by atoms with Gasteiger partial charge in [-0.05, 0) is 55.5 Å². The van der Waals surface area contributed by atoms with Crippen molar-refractivity contribution < 1.29 is 32.5 Å². The molecule has 1 N–H and O–H groups in total. The average Bonchev–Trinajstić information content (AvgIpc) is 2.73. The molecule has 0 saturated carbocycles. The summed E-state index contributed by atoms with van der Waals surface area (Å²) in [6, 6.07) is 16.1. The number of para-hydroxylation sites is 2. The van der Waals surface area contributed by atoms with E-state index in [2.05, 4.69) is 11.8 Å². The van der Waals surface area contributed by atoms with Gasteiger partial charge < -0.3 is 14.6 Å². The number of benzene rings is 3. The predicted molar refractivity (Wildman–Crippen MR) is 108 cm³/mol. The van der Waals surface area contributed by atoms with E-state index in [0.717, 1.165) is 12.1 Å². The van der Waals surface area contributed by atoms with Crippen LogP contribution < -0.4 is 9.47 Å². The van der Waals surface area contributed by atoms with Crippen molar-refractivity contribution in [1.29, 1.82) is 0 Å². The van der Waals surface area contributed by atoms with Gasteiger partial charge in [0.25, 0.3) is 0 Å². The minimum Gasteiger partial charge on any atom is -0.478 e. The summed E-state index contributed by atoms with van der Waals surface area (Å²) in [5.41, 5.74) is 0.315. The third kappa shape index (κ3) is 5.58. The lowest BCUT2D eigenvalue weighted by Gasteiger charge is -2.13. The SMILES string of the molecule is Cc1c(Oc2ccccc2OCC#Cc2ccc(C(F)(F)F)cc2)cccc1C(=O)O. The fourth-order valence-electron chi connectivity index (χ4n) is 2.72. The molecule has 0 aromatic heterocycles. The lowest BCUT2D eigenvalue weighted by molar-refractivity contribution is -0.137. The Kier molecular flexibility index (Phi) is 6.51. The van der Waals surface area contributed by atoms with E-state index in [4.69, 9.17) is 9.47 Å². The Morgan fingerprint density at radius 3 is 2.23 bits per heavy atom. The molecule has 0 spiro atoms. The first-order valence-electron chi connectivity index (χ1n) is 9.14. The van der Waals surface area contributed by atoms with E-state index in [1.165, 1.54) is 18.2 Å². The largest absolute Gasteiger partial charge is 0.478 e. The Morgan fingerprint density at radius 1 is 0.935 bits per heavy atom. The zero-order valence-electron chi connectivity index (χ0n) is 16.4. The first kappa shape index (κ1) is 21.8. The van der Waals surface area contributed by atoms with Gasteiger partial charge in [-0.1, -0.05) is 30.0 Å². The summed E-state index contributed by atoms with van der Waals surface area (Å²) >= 11 is 0. The van der Waals surface area contributed by atoms with Gasteiger partial charge in [0.1, 0.15) is 12.4 Å². The number of rotatable bonds is 5. The summed E-state index contributed by atoms with van der Waals surface area (Å²) in [5, 5.41) is 9.25. The van der Waals surface area contributed by atoms with Crippen LogP contribution in [0.4, 0.5) is 13.2 Å². The molecule has 31 heavy (non-hydrogen) atoms. The molecule has 0 atom stereocenters. The molecule has 3 aromatic rings. The number of halogens is 3. The quantitative estimate of drug-likeness (QED) is 0.514. The van der Waals surface area contributed by atoms with Crippen LogP contribution in [0.15, 0.2) is 66.7 Å². The van der Waals surface area contributed by atoms with Crippen LogP contribution in [-0.2, 0) is 6.18 Å². The molecule has 0 radical (unpaired) electrons. The normalized spacial score (nSPS) is 10.7. The van der Waals surface area contributed by atoms with Crippen molar-refractivity contribution in [2.75, 3.05) is 6.61 Å². The summed E-state index contributed by atoms with van der Waals surface area (Å²) < 4.78 is 49.3. The molecule has 7 heteroatoms. The van der Waals surface area contributed by atoms with E-state index >= 15 is 0 Å². The van der Waals surface area contributed by atoms with Gasteiger partial charge in [0.15, 0.2) is 11.5 Å². The Morgan fingerprint density at radius 2 is 1.58 bits per heavy atom. The van der Waals surface area contributed by atoms with Crippen LogP contribution in [0.3, 0.4) is 0 Å². The number of hydrogen-bond donors (Lipinski definition) is 1. The van der Waals surface area contributed by atoms with Gasteiger partial charge in [0.2, 0.25) is 0 Å². The molecule has 0 unspecified atom stereocenters. The molecular weight excluding hydrogens is 409 g/mol. The van der Waals surface area contributed by atoms with Crippen molar-refractivity contribution in [3.8, 4) is 29.1 Å². The van der Waals surface area contributed by atoms with E-state index in [-0.39, 0.29) is 12.2 Å². The first-order chi connectivity index (χ1) is 14.8. The maximum Gasteiger partial charge on any atom is 0.416 e. The summed E-state index contributed by atoms with van der Waals surface area (Å²) in [7, 11) is 0. The second-order valence-corrected chi connectivity index (χ2v) is 6.45. The van der Waals surface area contributed by atoms with Crippen LogP contribution in [0.25, 0.3) is 0 Å². The van der Waals surface area contributed by atoms with Crippen molar-refractivity contribution in [3.63, 3.8) is 0 Å². The Bertz CT molecular complexity index is 1140. The number of carboxylic acid groups (broad SMARTS) is 1. The molecular formula is C24H17F3O4. The van der Waals surface area contributed by atoms with Gasteiger partial charge in [0, 0.05) is 11.1 Å². The topological polar surface area (TPSA) is 55.8 Å². The molecule has 0 aliphatic rings. The van der Waals surface area contributed by atoms with Crippen molar-refractivity contribution in [2.24, 2.45) is 0 Å². The Balaban J connectivity index is 1.69. The van der Waals surface area contributed by atoms with Crippen molar-refractivity contribution in [1.82, 2.24) is 0 Å². The maximum absolute atomic E-state index is 12.6. The minimum absolute atomic E-state index is 0.0183. The Hall–Kier alpha value is -3.92. The molecule has 0 aliphatic heterocycles. The van der Waals surface area contributed by atoms with E-state index in [1.54, 1.807) is 43.3 Å². The van der Waals surface area contributed by atoms with Crippen LogP contribution in [0.1, 0.15) is 27.0 Å². The molecule has 0 heterocycles. The summed E-state index contributed by atoms with van der Waals surface area (Å²) in [4.78, 5) is 11.3. The summed E-state index contributed by atoms with van der Waals surface area (Å²) in [6.45, 7) is 1.63. The molecule has 3 rings (SSSR count). The highest BCUT2D eigenvalue weighted by Crippen LogP contribution is 2.33. The molecule has 4 nitrogen and oxygen atoms in total. The number of carbonyl (C=O) groups is 1. The van der Waals surface area contributed by atoms with Crippen LogP contribution in [0, 0.1) is 18.8 Å². The van der Waals surface area contributed by atoms with E-state index < -0.39 is 17.7 Å². The van der Waals surface area contributed by atoms with Gasteiger partial charge in [-0.2, -0.15) is 13.2 Å². The van der Waals surface area contributed by atoms with Crippen molar-refractivity contribution in [2.45, 2.75) is 13.1 Å². The molecule has 0 bridgehead atoms. The third-order valence-electron chi connectivity index (χ3n) is 4.33. The molecule has 0 saturated heterocycles. The van der Waals surface area contributed by atoms with E-state index in [1.807, 2.05) is 0 Å². The smallest absolute Gasteiger partial charge is 0.416 e. The molecule has 3 aromatic carbocycles. The van der Waals surface area contributed by atoms with Crippen LogP contribution >= 0.6 is 0 Å². The van der Waals surface area contributed by atoms with Gasteiger partial charge in [-0.3, -0.25) is 0 Å². The summed E-state index contributed by atoms with van der Waals surface area (Å²) in [6.07, 6.45) is -4.39. The molecule has 0 amide bonds. The number of ether oxygens (including phenoxy) is 2. The second-order valence-electron chi connectivity index (χ2n) is 6.45. The molecule has 0 aliphatic carbocycles. The zero-order valence-corrected chi connectivity index (χ0v) is 16.4. The second kappa shape index (κ2) is 9.26. The van der Waals surface area contributed by atoms with Crippen LogP contribution in [0.2, 0.25) is 0 Å². The Labute approximate surface area is 176 Å². The van der Waals surface area contributed by atoms with E-state index in [0.29, 0.717) is 28.4 Å². The fourth-order valence-corrected chi connectivity index (χ4v) is 2.72. The summed E-state index contributed by atoms with van der Waals surface area (Å²) in [5.74, 6) is 5.59. The highest BCUT2D eigenvalue weighted by molar-refractivity contribution is 5.90. The fraction of sp³-hybridized carbons (Fsp3) is 0.125. The standard InChI is InChI=1S/C24H17F3O4/c1-16-19(23(28)29)7-4-10-20(16)31-22-9-3-2-8-21(22)30-15-5-6-17-11-13-18(14-12-17)24(25,26)27/h2-4,7-14H,15H2,1H3,(H,28,29). The number of hydrogen-bond acceptors (Lipinski definition) is 3. The first-order valence-corrected chi connectivity index (χ1v) is 9.14. The zero-order chi connectivity index (χ0) is 22.4. The maximum atomic E-state index is 12.6. The molecule has 158 valence electrons. The lowest BCUT2D eigenvalue weighted by Crippen LogP contribution is -2.04. The number of carboxylic acids is 1. The van der Waals surface area contributed by atoms with Crippen LogP contribution in [-0.4, -0.2) is 17.7 Å². The number of alkyl halides is 3. The average molecular weight is 426 g/mol. The van der Waals surface area contributed by atoms with Crippen molar-refractivity contribution in [3.05, 3.63) is 89.0 Å². The van der Waals surface area contributed by atoms with Crippen molar-refractivity contribution >= 4 is 5.97 Å². The van der Waals surface area contributed by atoms with E-state index in [9.17, 15) is 23.1 Å². The van der Waals surface area contributed by atoms with Gasteiger partial charge >= 0.3 is 12.1 Å². The van der Waals surface area contributed by atoms with Crippen LogP contribution in [0.5, 0.6) is 17.2 Å². The van der Waals surface area contributed by atoms with Gasteiger partial charge in [0.05, 0.1) is 11.1 Å². The van der Waals surface area contributed by atoms with Gasteiger partial charge in [-0.25, -0.2) is 4.79 Å². The predicted octanol–water partition coefficient (Wildman–Crippen LogP) is 5.93. The lowest BCUT2D eigenvalue weighted by atomic mass is 10.1. The third-order valence-corrected chi connectivity index (χ3v) is 4.33. The monoisotopic (exact) mass is 426 g/mol. The highest BCUT2D eigenvalue weighted by atomic mass is 19.4. The number of aromatic carboxylic acids is 1. The highest BCUT2D eigenvalue weighted by Gasteiger charge is 2.29. The minimum atomic E-state index is -4.39.